The highest BCUT2D eigenvalue weighted by molar-refractivity contribution is 6.47. The second kappa shape index (κ2) is 8.15. The third-order valence-corrected chi connectivity index (χ3v) is 5.12. The van der Waals surface area contributed by atoms with Gasteiger partial charge in [-0.25, -0.2) is 14.5 Å². The van der Waals surface area contributed by atoms with Crippen LogP contribution < -0.4 is 16.1 Å². The summed E-state index contributed by atoms with van der Waals surface area (Å²) in [6.07, 6.45) is 1.91. The number of guanidine groups is 1. The van der Waals surface area contributed by atoms with Crippen molar-refractivity contribution in [3.8, 4) is 5.75 Å². The first-order chi connectivity index (χ1) is 14.1. The van der Waals surface area contributed by atoms with Crippen LogP contribution in [-0.4, -0.2) is 50.0 Å². The van der Waals surface area contributed by atoms with Crippen molar-refractivity contribution < 1.29 is 24.4 Å². The van der Waals surface area contributed by atoms with E-state index in [2.05, 4.69) is 15.3 Å². The van der Waals surface area contributed by atoms with Gasteiger partial charge in [-0.05, 0) is 31.9 Å². The number of carbonyl (C=O) groups excluding carboxylic acids is 1. The number of carboxylic acid groups (broad SMARTS) is 1. The first-order valence-corrected chi connectivity index (χ1v) is 9.30. The Morgan fingerprint density at radius 1 is 1.40 bits per heavy atom. The second-order valence-corrected chi connectivity index (χ2v) is 7.65. The minimum absolute atomic E-state index is 0.00794. The number of rotatable bonds is 7. The van der Waals surface area contributed by atoms with Crippen LogP contribution in [0.4, 0.5) is 0 Å². The molecule has 1 aromatic heterocycles. The number of Topliss-reactive ketones (excluding diaryl/α,β-unsaturated/α-hetero) is 1. The average molecular weight is 414 g/mol. The highest BCUT2D eigenvalue weighted by atomic mass is 16.5. The van der Waals surface area contributed by atoms with Crippen molar-refractivity contribution in [2.45, 2.75) is 44.6 Å². The lowest BCUT2D eigenvalue weighted by Gasteiger charge is -2.30. The minimum Gasteiger partial charge on any atom is -0.535 e. The number of benzene rings is 1. The largest absolute Gasteiger partial charge is 0.535 e. The first-order valence-electron chi connectivity index (χ1n) is 9.30. The zero-order valence-electron chi connectivity index (χ0n) is 16.6. The number of hydrogen-bond donors (Lipinski definition) is 4. The van der Waals surface area contributed by atoms with E-state index in [1.54, 1.807) is 32.2 Å². The molecule has 0 radical (unpaired) electrons. The Morgan fingerprint density at radius 2 is 2.13 bits per heavy atom. The van der Waals surface area contributed by atoms with Crippen molar-refractivity contribution >= 4 is 24.8 Å². The molecule has 0 bridgehead atoms. The van der Waals surface area contributed by atoms with Crippen LogP contribution in [-0.2, 0) is 23.3 Å². The fourth-order valence-electron chi connectivity index (χ4n) is 3.26. The molecule has 12 heteroatoms. The van der Waals surface area contributed by atoms with Crippen LogP contribution >= 0.6 is 0 Å². The topological polar surface area (TPSA) is 179 Å². The molecule has 0 amide bonds. The van der Waals surface area contributed by atoms with E-state index >= 15 is 0 Å². The van der Waals surface area contributed by atoms with Gasteiger partial charge in [-0.3, -0.25) is 4.79 Å². The fourth-order valence-corrected chi connectivity index (χ4v) is 3.26. The molecule has 0 saturated carbocycles. The molecule has 0 spiro atoms. The summed E-state index contributed by atoms with van der Waals surface area (Å²) < 4.78 is 6.89. The molecule has 11 nitrogen and oxygen atoms in total. The summed E-state index contributed by atoms with van der Waals surface area (Å²) in [7, 11) is -1.30. The molecule has 1 atom stereocenters. The number of aromatic nitrogens is 3. The molecule has 0 fully saturated rings. The van der Waals surface area contributed by atoms with Gasteiger partial charge in [0.05, 0.1) is 18.3 Å². The van der Waals surface area contributed by atoms with Gasteiger partial charge in [0.25, 0.3) is 0 Å². The third-order valence-electron chi connectivity index (χ3n) is 5.12. The SMILES string of the molecule is CC(C)(C(=O)C[C@H]1Cc2cccc(C(=O)O)c2OB1O)n1cc(CN=C(N)N)nn1. The Morgan fingerprint density at radius 3 is 2.80 bits per heavy atom. The van der Waals surface area contributed by atoms with Crippen molar-refractivity contribution in [3.05, 3.63) is 41.2 Å². The monoisotopic (exact) mass is 414 g/mol. The number of fused-ring (bicyclic) bond motifs is 1. The van der Waals surface area contributed by atoms with Gasteiger partial charge in [0, 0.05) is 12.2 Å². The Balaban J connectivity index is 1.74. The number of carboxylic acids is 1. The maximum absolute atomic E-state index is 13.0. The first kappa shape index (κ1) is 21.3. The Labute approximate surface area is 172 Å². The maximum atomic E-state index is 13.0. The van der Waals surface area contributed by atoms with Gasteiger partial charge in [-0.15, -0.1) is 5.10 Å². The molecule has 0 aliphatic carbocycles. The molecule has 6 N–H and O–H groups in total. The Bertz CT molecular complexity index is 1000. The summed E-state index contributed by atoms with van der Waals surface area (Å²) in [5, 5.41) is 27.7. The van der Waals surface area contributed by atoms with Crippen LogP contribution in [0.15, 0.2) is 29.4 Å². The molecule has 2 aromatic rings. The van der Waals surface area contributed by atoms with Gasteiger partial charge in [-0.2, -0.15) is 0 Å². The summed E-state index contributed by atoms with van der Waals surface area (Å²) in [6.45, 7) is 3.53. The lowest BCUT2D eigenvalue weighted by Crippen LogP contribution is -2.41. The summed E-state index contributed by atoms with van der Waals surface area (Å²) in [5.74, 6) is -1.79. The van der Waals surface area contributed by atoms with Crippen molar-refractivity contribution in [1.29, 1.82) is 0 Å². The summed E-state index contributed by atoms with van der Waals surface area (Å²) >= 11 is 0. The average Bonchev–Trinajstić information content (AvgIpc) is 3.16. The molecular formula is C18H23BN6O5. The smallest absolute Gasteiger partial charge is 0.526 e. The van der Waals surface area contributed by atoms with E-state index in [4.69, 9.17) is 16.1 Å². The summed E-state index contributed by atoms with van der Waals surface area (Å²) in [4.78, 5) is 28.2. The predicted molar refractivity (Wildman–Crippen MR) is 108 cm³/mol. The van der Waals surface area contributed by atoms with E-state index < -0.39 is 24.4 Å². The number of hydrogen-bond acceptors (Lipinski definition) is 7. The van der Waals surface area contributed by atoms with E-state index in [0.29, 0.717) is 17.7 Å². The van der Waals surface area contributed by atoms with Crippen molar-refractivity contribution in [1.82, 2.24) is 15.0 Å². The number of para-hydroxylation sites is 1. The van der Waals surface area contributed by atoms with Crippen molar-refractivity contribution in [3.63, 3.8) is 0 Å². The lowest BCUT2D eigenvalue weighted by atomic mass is 9.63. The lowest BCUT2D eigenvalue weighted by molar-refractivity contribution is -0.126. The molecular weight excluding hydrogens is 391 g/mol. The van der Waals surface area contributed by atoms with Gasteiger partial charge in [0.1, 0.15) is 17.0 Å². The van der Waals surface area contributed by atoms with E-state index in [1.807, 2.05) is 0 Å². The van der Waals surface area contributed by atoms with Crippen LogP contribution in [0.1, 0.15) is 41.9 Å². The van der Waals surface area contributed by atoms with E-state index in [1.165, 1.54) is 10.7 Å². The number of nitrogens with zero attached hydrogens (tertiary/aromatic N) is 4. The van der Waals surface area contributed by atoms with E-state index in [0.717, 1.165) is 0 Å². The quantitative estimate of drug-likeness (QED) is 0.274. The van der Waals surface area contributed by atoms with E-state index in [9.17, 15) is 19.7 Å². The van der Waals surface area contributed by atoms with Crippen LogP contribution in [0.3, 0.4) is 0 Å². The van der Waals surface area contributed by atoms with Crippen LogP contribution in [0.5, 0.6) is 5.75 Å². The van der Waals surface area contributed by atoms with Gasteiger partial charge >= 0.3 is 13.1 Å². The molecule has 2 heterocycles. The molecule has 0 unspecified atom stereocenters. The van der Waals surface area contributed by atoms with Crippen LogP contribution in [0.25, 0.3) is 0 Å². The second-order valence-electron chi connectivity index (χ2n) is 7.65. The number of aliphatic imine (C=N–C) groups is 1. The number of aromatic carboxylic acids is 1. The molecule has 30 heavy (non-hydrogen) atoms. The van der Waals surface area contributed by atoms with Gasteiger partial charge in [0.2, 0.25) is 0 Å². The zero-order chi connectivity index (χ0) is 22.1. The van der Waals surface area contributed by atoms with E-state index in [-0.39, 0.29) is 36.0 Å². The van der Waals surface area contributed by atoms with Crippen LogP contribution in [0.2, 0.25) is 5.82 Å². The highest BCUT2D eigenvalue weighted by Crippen LogP contribution is 2.37. The molecule has 158 valence electrons. The van der Waals surface area contributed by atoms with Crippen molar-refractivity contribution in [2.24, 2.45) is 16.5 Å². The molecule has 1 aliphatic rings. The number of ketones is 1. The molecule has 3 rings (SSSR count). The summed E-state index contributed by atoms with van der Waals surface area (Å²) in [6, 6.07) is 4.75. The molecule has 0 saturated heterocycles. The maximum Gasteiger partial charge on any atom is 0.526 e. The summed E-state index contributed by atoms with van der Waals surface area (Å²) in [5.41, 5.74) is 10.7. The van der Waals surface area contributed by atoms with Gasteiger partial charge in [0.15, 0.2) is 11.7 Å². The Hall–Kier alpha value is -3.41. The van der Waals surface area contributed by atoms with Crippen LogP contribution in [0, 0.1) is 0 Å². The van der Waals surface area contributed by atoms with Gasteiger partial charge < -0.3 is 26.3 Å². The number of nitrogens with two attached hydrogens (primary N) is 2. The van der Waals surface area contributed by atoms with Crippen molar-refractivity contribution in [2.75, 3.05) is 0 Å². The predicted octanol–water partition coefficient (Wildman–Crippen LogP) is -0.0702. The Kier molecular flexibility index (Phi) is 5.79. The molecule has 1 aliphatic heterocycles. The third kappa shape index (κ3) is 4.27. The zero-order valence-corrected chi connectivity index (χ0v) is 16.6. The standard InChI is InChI=1S/C18H23BN6O5/c1-18(2,25-9-12(23-24-25)8-22-17(20)21)14(26)7-11-6-10-4-3-5-13(16(27)28)15(10)30-19(11)29/h3-5,9,11,29H,6-8H2,1-2H3,(H,27,28)(H4,20,21,22)/t11-/m1/s1. The fraction of sp³-hybridized carbons (Fsp3) is 0.389. The molecule has 1 aromatic carbocycles. The minimum atomic E-state index is -1.30. The van der Waals surface area contributed by atoms with Gasteiger partial charge in [-0.1, -0.05) is 17.3 Å². The highest BCUT2D eigenvalue weighted by Gasteiger charge is 2.41. The number of carbonyl (C=O) groups is 2. The normalized spacial score (nSPS) is 15.8.